The smallest absolute Gasteiger partial charge is 1.00 e. The van der Waals surface area contributed by atoms with Crippen molar-refractivity contribution in [1.29, 1.82) is 0 Å². The Morgan fingerprint density at radius 3 is 0.800 bits per heavy atom. The predicted octanol–water partition coefficient (Wildman–Crippen LogP) is -4.41. The maximum Gasteiger partial charge on any atom is 1.00 e. The zero-order valence-corrected chi connectivity index (χ0v) is 5.45. The molecular weight excluding hydrogens is 148 g/mol. The molecule has 0 bridgehead atoms. The van der Waals surface area contributed by atoms with Crippen LogP contribution >= 0.6 is 24.8 Å². The average Bonchev–Trinajstić information content (AvgIpc) is 0. The molecule has 0 saturated carbocycles. The van der Waals surface area contributed by atoms with E-state index in [1.54, 1.807) is 0 Å². The SMILES string of the molecule is Cl.Cl.[AlH3].[AlH3].[H-].[Na+]. The fourth-order valence-corrected chi connectivity index (χ4v) is 0. The molecule has 0 aliphatic rings. The van der Waals surface area contributed by atoms with E-state index in [0.29, 0.717) is 0 Å². The summed E-state index contributed by atoms with van der Waals surface area (Å²) in [5, 5.41) is 0. The summed E-state index contributed by atoms with van der Waals surface area (Å²) in [6.07, 6.45) is 0. The summed E-state index contributed by atoms with van der Waals surface area (Å²) in [6.45, 7) is 0. The molecule has 0 aromatic carbocycles. The minimum absolute atomic E-state index is 0. The molecule has 0 N–H and O–H groups in total. The first-order chi connectivity index (χ1) is 0. The molecule has 0 rings (SSSR count). The van der Waals surface area contributed by atoms with Crippen LogP contribution in [0.3, 0.4) is 0 Å². The van der Waals surface area contributed by atoms with E-state index in [-0.39, 0.29) is 90.5 Å². The second-order valence-electron chi connectivity index (χ2n) is 0. The molecule has 30 valence electrons. The fraction of sp³-hybridized carbons (Fsp3) is 0. The fourth-order valence-electron chi connectivity index (χ4n) is 0. The van der Waals surface area contributed by atoms with Crippen molar-refractivity contribution in [1.82, 2.24) is 0 Å². The first-order valence-corrected chi connectivity index (χ1v) is 0. The molecule has 0 aromatic heterocycles. The summed E-state index contributed by atoms with van der Waals surface area (Å²) >= 11 is 0. The van der Waals surface area contributed by atoms with Gasteiger partial charge in [0.25, 0.3) is 0 Å². The second kappa shape index (κ2) is 30.3. The van der Waals surface area contributed by atoms with Gasteiger partial charge in [0.2, 0.25) is 0 Å². The average molecular weight is 157 g/mol. The van der Waals surface area contributed by atoms with E-state index in [0.717, 1.165) is 0 Å². The van der Waals surface area contributed by atoms with Crippen LogP contribution in [0.2, 0.25) is 0 Å². The molecule has 0 fully saturated rings. The molecule has 0 amide bonds. The zero-order valence-electron chi connectivity index (χ0n) is 2.82. The van der Waals surface area contributed by atoms with Crippen LogP contribution in [-0.2, 0) is 0 Å². The molecule has 0 nitrogen and oxygen atoms in total. The molecule has 5 heavy (non-hydrogen) atoms. The summed E-state index contributed by atoms with van der Waals surface area (Å²) in [6, 6.07) is 0. The van der Waals surface area contributed by atoms with Crippen LogP contribution in [0.15, 0.2) is 0 Å². The van der Waals surface area contributed by atoms with E-state index in [1.165, 1.54) is 0 Å². The standard InChI is InChI=1S/2Al.2ClH.Na.7H/h;;2*1H;;;;;;;;/q;;;;+1;;;;;;;-1. The molecule has 0 aliphatic heterocycles. The second-order valence-corrected chi connectivity index (χ2v) is 0. The van der Waals surface area contributed by atoms with Crippen molar-refractivity contribution >= 4 is 59.5 Å². The van der Waals surface area contributed by atoms with Crippen LogP contribution < -0.4 is 29.6 Å². The van der Waals surface area contributed by atoms with Gasteiger partial charge in [-0.15, -0.1) is 24.8 Å². The number of rotatable bonds is 0. The van der Waals surface area contributed by atoms with E-state index in [9.17, 15) is 0 Å². The maximum absolute atomic E-state index is 0. The summed E-state index contributed by atoms with van der Waals surface area (Å²) in [5.41, 5.74) is 0. The van der Waals surface area contributed by atoms with Gasteiger partial charge >= 0.3 is 29.6 Å². The van der Waals surface area contributed by atoms with Crippen LogP contribution in [0.4, 0.5) is 0 Å². The summed E-state index contributed by atoms with van der Waals surface area (Å²) < 4.78 is 0. The molecule has 5 heteroatoms. The van der Waals surface area contributed by atoms with Gasteiger partial charge in [0.15, 0.2) is 34.7 Å². The Kier molecular flexibility index (Phi) is 292. The Hall–Kier alpha value is 2.64. The summed E-state index contributed by atoms with van der Waals surface area (Å²) in [5.74, 6) is 0. The Bertz CT molecular complexity index is 11.5. The number of halogens is 2. The van der Waals surface area contributed by atoms with Gasteiger partial charge in [-0.3, -0.25) is 0 Å². The maximum atomic E-state index is 0. The van der Waals surface area contributed by atoms with E-state index >= 15 is 0 Å². The van der Waals surface area contributed by atoms with E-state index in [2.05, 4.69) is 0 Å². The van der Waals surface area contributed by atoms with Gasteiger partial charge in [0.05, 0.1) is 0 Å². The third-order valence-corrected chi connectivity index (χ3v) is 0. The minimum Gasteiger partial charge on any atom is -1.00 e. The van der Waals surface area contributed by atoms with Crippen LogP contribution in [0.5, 0.6) is 0 Å². The Labute approximate surface area is 89.3 Å². The number of hydrogen-bond donors (Lipinski definition) is 0. The Balaban J connectivity index is 0. The largest absolute Gasteiger partial charge is 1.00 e. The van der Waals surface area contributed by atoms with E-state index < -0.39 is 0 Å². The van der Waals surface area contributed by atoms with Gasteiger partial charge < -0.3 is 1.43 Å². The van der Waals surface area contributed by atoms with Crippen LogP contribution in [-0.4, -0.2) is 34.7 Å². The van der Waals surface area contributed by atoms with Gasteiger partial charge in [-0.1, -0.05) is 0 Å². The van der Waals surface area contributed by atoms with Gasteiger partial charge in [-0.2, -0.15) is 0 Å². The monoisotopic (exact) mass is 156 g/mol. The van der Waals surface area contributed by atoms with Gasteiger partial charge in [-0.25, -0.2) is 0 Å². The number of hydrogen-bond acceptors (Lipinski definition) is 0. The van der Waals surface area contributed by atoms with Crippen LogP contribution in [0, 0.1) is 0 Å². The first-order valence-electron chi connectivity index (χ1n) is 0. The van der Waals surface area contributed by atoms with Crippen LogP contribution in [0.1, 0.15) is 1.43 Å². The van der Waals surface area contributed by atoms with Crippen molar-refractivity contribution in [2.75, 3.05) is 0 Å². The van der Waals surface area contributed by atoms with Crippen molar-refractivity contribution in [2.24, 2.45) is 0 Å². The quantitative estimate of drug-likeness (QED) is 0.311. The zero-order chi connectivity index (χ0) is 0. The van der Waals surface area contributed by atoms with E-state index in [4.69, 9.17) is 0 Å². The normalized spacial score (nSPS) is 0. The summed E-state index contributed by atoms with van der Waals surface area (Å²) in [7, 11) is 0. The first kappa shape index (κ1) is 48.3. The van der Waals surface area contributed by atoms with Crippen molar-refractivity contribution < 1.29 is 31.0 Å². The van der Waals surface area contributed by atoms with Crippen molar-refractivity contribution in [3.63, 3.8) is 0 Å². The molecule has 0 aliphatic carbocycles. The minimum atomic E-state index is 0. The summed E-state index contributed by atoms with van der Waals surface area (Å²) in [4.78, 5) is 0. The predicted molar refractivity (Wildman–Crippen MR) is 35.5 cm³/mol. The molecule has 0 atom stereocenters. The molecule has 0 radical (unpaired) electrons. The molecule has 0 aromatic rings. The molecule has 0 spiro atoms. The van der Waals surface area contributed by atoms with Gasteiger partial charge in [0, 0.05) is 0 Å². The van der Waals surface area contributed by atoms with Crippen molar-refractivity contribution in [3.05, 3.63) is 0 Å². The molecule has 0 saturated heterocycles. The van der Waals surface area contributed by atoms with Crippen LogP contribution in [0.25, 0.3) is 0 Å². The Morgan fingerprint density at radius 1 is 0.800 bits per heavy atom. The molecular formula is H9Al2Cl2Na. The Morgan fingerprint density at radius 2 is 0.800 bits per heavy atom. The molecule has 0 heterocycles. The topological polar surface area (TPSA) is 0 Å². The van der Waals surface area contributed by atoms with Gasteiger partial charge in [-0.05, 0) is 0 Å². The van der Waals surface area contributed by atoms with Crippen molar-refractivity contribution in [2.45, 2.75) is 0 Å². The van der Waals surface area contributed by atoms with Crippen molar-refractivity contribution in [3.8, 4) is 0 Å². The van der Waals surface area contributed by atoms with E-state index in [1.807, 2.05) is 0 Å². The molecule has 0 unspecified atom stereocenters. The van der Waals surface area contributed by atoms with Gasteiger partial charge in [0.1, 0.15) is 0 Å². The third kappa shape index (κ3) is 20.5. The third-order valence-electron chi connectivity index (χ3n) is 0.